The van der Waals surface area contributed by atoms with Crippen molar-refractivity contribution in [2.24, 2.45) is 0 Å². The lowest BCUT2D eigenvalue weighted by Crippen LogP contribution is -2.31. The van der Waals surface area contributed by atoms with E-state index in [4.69, 9.17) is 4.74 Å². The summed E-state index contributed by atoms with van der Waals surface area (Å²) in [5, 5.41) is 0. The Morgan fingerprint density at radius 3 is 2.36 bits per heavy atom. The molecule has 0 spiro atoms. The molecule has 0 aliphatic rings. The van der Waals surface area contributed by atoms with Crippen molar-refractivity contribution in [2.75, 3.05) is 14.1 Å². The van der Waals surface area contributed by atoms with Crippen molar-refractivity contribution >= 4 is 5.97 Å². The Hall–Kier alpha value is -0.570. The van der Waals surface area contributed by atoms with Crippen molar-refractivity contribution in [3.63, 3.8) is 0 Å². The molecule has 0 amide bonds. The van der Waals surface area contributed by atoms with Gasteiger partial charge in [0.05, 0.1) is 0 Å². The van der Waals surface area contributed by atoms with E-state index in [1.165, 1.54) is 6.92 Å². The Kier molecular flexibility index (Phi) is 4.86. The van der Waals surface area contributed by atoms with Gasteiger partial charge in [0.1, 0.15) is 0 Å². The Morgan fingerprint density at radius 1 is 1.55 bits per heavy atom. The SMILES string of the molecule is CCCC(OC(C)=O)N(C)C. The smallest absolute Gasteiger partial charge is 0.304 e. The maximum Gasteiger partial charge on any atom is 0.304 e. The summed E-state index contributed by atoms with van der Waals surface area (Å²) < 4.78 is 5.04. The molecule has 3 nitrogen and oxygen atoms in total. The number of carbonyl (C=O) groups excluding carboxylic acids is 1. The van der Waals surface area contributed by atoms with Crippen molar-refractivity contribution in [3.05, 3.63) is 0 Å². The number of rotatable bonds is 4. The van der Waals surface area contributed by atoms with Crippen LogP contribution in [0.25, 0.3) is 0 Å². The molecule has 0 saturated carbocycles. The molecule has 0 aromatic heterocycles. The van der Waals surface area contributed by atoms with Crippen LogP contribution < -0.4 is 0 Å². The third-order valence-corrected chi connectivity index (χ3v) is 1.41. The summed E-state index contributed by atoms with van der Waals surface area (Å²) in [4.78, 5) is 12.5. The highest BCUT2D eigenvalue weighted by Crippen LogP contribution is 2.04. The zero-order valence-electron chi connectivity index (χ0n) is 7.76. The maximum absolute atomic E-state index is 10.6. The molecule has 1 atom stereocenters. The van der Waals surface area contributed by atoms with Crippen LogP contribution in [0.3, 0.4) is 0 Å². The fourth-order valence-corrected chi connectivity index (χ4v) is 0.861. The highest BCUT2D eigenvalue weighted by molar-refractivity contribution is 5.66. The Labute approximate surface area is 68.3 Å². The number of ether oxygens (including phenoxy) is 1. The van der Waals surface area contributed by atoms with E-state index >= 15 is 0 Å². The second-order valence-corrected chi connectivity index (χ2v) is 2.82. The average Bonchev–Trinajstić information content (AvgIpc) is 1.86. The maximum atomic E-state index is 10.6. The average molecular weight is 159 g/mol. The first-order chi connectivity index (χ1) is 5.07. The third-order valence-electron chi connectivity index (χ3n) is 1.41. The van der Waals surface area contributed by atoms with Crippen LogP contribution in [-0.2, 0) is 9.53 Å². The lowest BCUT2D eigenvalue weighted by molar-refractivity contribution is -0.154. The molecule has 0 rings (SSSR count). The summed E-state index contributed by atoms with van der Waals surface area (Å²) >= 11 is 0. The van der Waals surface area contributed by atoms with E-state index in [0.29, 0.717) is 0 Å². The van der Waals surface area contributed by atoms with Crippen LogP contribution in [-0.4, -0.2) is 31.2 Å². The van der Waals surface area contributed by atoms with Crippen LogP contribution in [0.5, 0.6) is 0 Å². The van der Waals surface area contributed by atoms with Crippen molar-refractivity contribution in [2.45, 2.75) is 32.9 Å². The zero-order valence-corrected chi connectivity index (χ0v) is 7.76. The van der Waals surface area contributed by atoms with Gasteiger partial charge in [0.15, 0.2) is 6.23 Å². The monoisotopic (exact) mass is 159 g/mol. The minimum atomic E-state index is -0.211. The molecule has 0 N–H and O–H groups in total. The highest BCUT2D eigenvalue weighted by atomic mass is 16.6. The van der Waals surface area contributed by atoms with E-state index in [-0.39, 0.29) is 12.2 Å². The van der Waals surface area contributed by atoms with Gasteiger partial charge < -0.3 is 4.74 Å². The molecule has 0 aromatic carbocycles. The molecule has 0 saturated heterocycles. The summed E-state index contributed by atoms with van der Waals surface area (Å²) in [5.41, 5.74) is 0. The van der Waals surface area contributed by atoms with Crippen molar-refractivity contribution in [3.8, 4) is 0 Å². The van der Waals surface area contributed by atoms with Crippen molar-refractivity contribution in [1.29, 1.82) is 0 Å². The predicted octanol–water partition coefficient (Wildman–Crippen LogP) is 1.24. The first kappa shape index (κ1) is 10.4. The predicted molar refractivity (Wildman–Crippen MR) is 44.1 cm³/mol. The van der Waals surface area contributed by atoms with Crippen LogP contribution in [0, 0.1) is 0 Å². The first-order valence-corrected chi connectivity index (χ1v) is 3.91. The number of hydrogen-bond donors (Lipinski definition) is 0. The normalized spacial score (nSPS) is 13.2. The molecule has 66 valence electrons. The van der Waals surface area contributed by atoms with Gasteiger partial charge in [-0.2, -0.15) is 0 Å². The number of nitrogens with zero attached hydrogens (tertiary/aromatic N) is 1. The van der Waals surface area contributed by atoms with Gasteiger partial charge in [-0.05, 0) is 20.5 Å². The Bertz CT molecular complexity index is 123. The molecule has 0 aromatic rings. The van der Waals surface area contributed by atoms with E-state index in [9.17, 15) is 4.79 Å². The van der Waals surface area contributed by atoms with Crippen LogP contribution in [0.15, 0.2) is 0 Å². The largest absolute Gasteiger partial charge is 0.447 e. The number of carbonyl (C=O) groups is 1. The molecule has 1 unspecified atom stereocenters. The van der Waals surface area contributed by atoms with E-state index in [2.05, 4.69) is 6.92 Å². The van der Waals surface area contributed by atoms with E-state index in [1.54, 1.807) is 0 Å². The van der Waals surface area contributed by atoms with Gasteiger partial charge >= 0.3 is 5.97 Å². The molecule has 0 aliphatic heterocycles. The Morgan fingerprint density at radius 2 is 2.09 bits per heavy atom. The van der Waals surface area contributed by atoms with Crippen molar-refractivity contribution < 1.29 is 9.53 Å². The number of esters is 1. The zero-order chi connectivity index (χ0) is 8.85. The van der Waals surface area contributed by atoms with Gasteiger partial charge in [0.2, 0.25) is 0 Å². The van der Waals surface area contributed by atoms with E-state index in [0.717, 1.165) is 12.8 Å². The lowest BCUT2D eigenvalue weighted by Gasteiger charge is -2.22. The summed E-state index contributed by atoms with van der Waals surface area (Å²) in [5.74, 6) is -0.211. The fraction of sp³-hybridized carbons (Fsp3) is 0.875. The molecule has 0 radical (unpaired) electrons. The van der Waals surface area contributed by atoms with Gasteiger partial charge in [0, 0.05) is 6.92 Å². The van der Waals surface area contributed by atoms with Gasteiger partial charge in [-0.3, -0.25) is 9.69 Å². The number of hydrogen-bond acceptors (Lipinski definition) is 3. The van der Waals surface area contributed by atoms with Crippen LogP contribution >= 0.6 is 0 Å². The quantitative estimate of drug-likeness (QED) is 0.456. The van der Waals surface area contributed by atoms with Crippen LogP contribution in [0.1, 0.15) is 26.7 Å². The van der Waals surface area contributed by atoms with Crippen molar-refractivity contribution in [1.82, 2.24) is 4.90 Å². The third kappa shape index (κ3) is 4.79. The summed E-state index contributed by atoms with van der Waals surface area (Å²) in [7, 11) is 3.81. The van der Waals surface area contributed by atoms with Crippen LogP contribution in [0.4, 0.5) is 0 Å². The van der Waals surface area contributed by atoms with Crippen LogP contribution in [0.2, 0.25) is 0 Å². The molecule has 0 aliphatic carbocycles. The molecule has 0 bridgehead atoms. The highest BCUT2D eigenvalue weighted by Gasteiger charge is 2.11. The van der Waals surface area contributed by atoms with E-state index < -0.39 is 0 Å². The van der Waals surface area contributed by atoms with E-state index in [1.807, 2.05) is 19.0 Å². The van der Waals surface area contributed by atoms with Gasteiger partial charge in [-0.25, -0.2) is 0 Å². The van der Waals surface area contributed by atoms with Gasteiger partial charge in [-0.1, -0.05) is 13.3 Å². The molecular weight excluding hydrogens is 142 g/mol. The second-order valence-electron chi connectivity index (χ2n) is 2.82. The minimum absolute atomic E-state index is 0.0579. The standard InChI is InChI=1S/C8H17NO2/c1-5-6-8(9(3)4)11-7(2)10/h8H,5-6H2,1-4H3. The first-order valence-electron chi connectivity index (χ1n) is 3.91. The summed E-state index contributed by atoms with van der Waals surface area (Å²) in [6.45, 7) is 3.51. The second kappa shape index (κ2) is 5.13. The van der Waals surface area contributed by atoms with Gasteiger partial charge in [-0.15, -0.1) is 0 Å². The lowest BCUT2D eigenvalue weighted by atomic mass is 10.3. The molecular formula is C8H17NO2. The fourth-order valence-electron chi connectivity index (χ4n) is 0.861. The van der Waals surface area contributed by atoms with Gasteiger partial charge in [0.25, 0.3) is 0 Å². The Balaban J connectivity index is 3.79. The summed E-state index contributed by atoms with van der Waals surface area (Å²) in [6.07, 6.45) is 1.86. The minimum Gasteiger partial charge on any atom is -0.447 e. The molecule has 11 heavy (non-hydrogen) atoms. The molecule has 0 fully saturated rings. The molecule has 3 heteroatoms. The molecule has 0 heterocycles. The topological polar surface area (TPSA) is 29.5 Å². The summed E-state index contributed by atoms with van der Waals surface area (Å²) in [6, 6.07) is 0.